The molecule has 0 saturated heterocycles. The number of ether oxygens (including phenoxy) is 1. The molecule has 1 rings (SSSR count). The second-order valence-corrected chi connectivity index (χ2v) is 5.90. The van der Waals surface area contributed by atoms with Crippen LogP contribution < -0.4 is 4.74 Å². The van der Waals surface area contributed by atoms with Gasteiger partial charge in [0.15, 0.2) is 0 Å². The van der Waals surface area contributed by atoms with Crippen LogP contribution in [0.15, 0.2) is 12.1 Å². The molecule has 21 heavy (non-hydrogen) atoms. The molecule has 1 aromatic rings. The summed E-state index contributed by atoms with van der Waals surface area (Å²) in [5.41, 5.74) is 3.59. The van der Waals surface area contributed by atoms with Crippen molar-refractivity contribution in [2.75, 3.05) is 6.61 Å². The highest BCUT2D eigenvalue weighted by molar-refractivity contribution is 5.44. The molecule has 3 atom stereocenters. The zero-order valence-corrected chi connectivity index (χ0v) is 14.0. The minimum absolute atomic E-state index is 0.209. The van der Waals surface area contributed by atoms with Crippen LogP contribution in [0.4, 0.5) is 0 Å². The molecule has 0 radical (unpaired) electrons. The molecule has 2 N–H and O–H groups in total. The molecule has 0 aliphatic heterocycles. The van der Waals surface area contributed by atoms with Crippen LogP contribution in [0.2, 0.25) is 0 Å². The van der Waals surface area contributed by atoms with Gasteiger partial charge >= 0.3 is 0 Å². The minimum Gasteiger partial charge on any atom is -0.494 e. The van der Waals surface area contributed by atoms with Gasteiger partial charge in [0.1, 0.15) is 5.75 Å². The van der Waals surface area contributed by atoms with Gasteiger partial charge in [-0.2, -0.15) is 0 Å². The van der Waals surface area contributed by atoms with Gasteiger partial charge < -0.3 is 14.9 Å². The van der Waals surface area contributed by atoms with E-state index >= 15 is 0 Å². The van der Waals surface area contributed by atoms with Crippen molar-refractivity contribution in [3.63, 3.8) is 0 Å². The number of aliphatic hydroxyl groups excluding tert-OH is 2. The molecule has 0 fully saturated rings. The summed E-state index contributed by atoms with van der Waals surface area (Å²) in [6.07, 6.45) is 0.825. The van der Waals surface area contributed by atoms with E-state index in [2.05, 4.69) is 26.8 Å². The van der Waals surface area contributed by atoms with Crippen molar-refractivity contribution in [3.05, 3.63) is 28.8 Å². The molecule has 3 heteroatoms. The predicted octanol–water partition coefficient (Wildman–Crippen LogP) is 3.72. The van der Waals surface area contributed by atoms with Crippen LogP contribution in [0, 0.1) is 13.8 Å². The highest BCUT2D eigenvalue weighted by Gasteiger charge is 2.21. The molecule has 0 amide bonds. The van der Waals surface area contributed by atoms with Gasteiger partial charge in [-0.3, -0.25) is 0 Å². The lowest BCUT2D eigenvalue weighted by molar-refractivity contribution is 0.00635. The fourth-order valence-electron chi connectivity index (χ4n) is 2.80. The van der Waals surface area contributed by atoms with Gasteiger partial charge in [0, 0.05) is 0 Å². The topological polar surface area (TPSA) is 49.7 Å². The number of hydrogen-bond donors (Lipinski definition) is 2. The van der Waals surface area contributed by atoms with Gasteiger partial charge in [-0.05, 0) is 62.3 Å². The van der Waals surface area contributed by atoms with Crippen molar-refractivity contribution < 1.29 is 14.9 Å². The predicted molar refractivity (Wildman–Crippen MR) is 87.0 cm³/mol. The molecule has 0 heterocycles. The average Bonchev–Trinajstić information content (AvgIpc) is 2.44. The third-order valence-corrected chi connectivity index (χ3v) is 4.23. The molecule has 0 aromatic heterocycles. The molecule has 3 nitrogen and oxygen atoms in total. The van der Waals surface area contributed by atoms with Gasteiger partial charge in [0.05, 0.1) is 18.8 Å². The normalized spacial score (nSPS) is 15.6. The van der Waals surface area contributed by atoms with Crippen molar-refractivity contribution in [1.82, 2.24) is 0 Å². The van der Waals surface area contributed by atoms with Crippen LogP contribution in [0.1, 0.15) is 62.6 Å². The summed E-state index contributed by atoms with van der Waals surface area (Å²) in [6, 6.07) is 4.09. The van der Waals surface area contributed by atoms with Crippen LogP contribution >= 0.6 is 0 Å². The molecular weight excluding hydrogens is 264 g/mol. The third kappa shape index (κ3) is 4.72. The van der Waals surface area contributed by atoms with Gasteiger partial charge in [0.25, 0.3) is 0 Å². The fourth-order valence-corrected chi connectivity index (χ4v) is 2.80. The Balaban J connectivity index is 2.83. The van der Waals surface area contributed by atoms with Crippen molar-refractivity contribution in [1.29, 1.82) is 0 Å². The molecular formula is C18H30O3. The standard InChI is InChI=1S/C18H30O3/c1-6-8-16(19)17(20)11-12(3)15-9-10-18(21-7-2)14(5)13(15)4/h9-10,12,16-17,19-20H,6-8,11H2,1-5H3. The van der Waals surface area contributed by atoms with Gasteiger partial charge in [0.2, 0.25) is 0 Å². The summed E-state index contributed by atoms with van der Waals surface area (Å²) >= 11 is 0. The highest BCUT2D eigenvalue weighted by Crippen LogP contribution is 2.31. The quantitative estimate of drug-likeness (QED) is 0.768. The van der Waals surface area contributed by atoms with Gasteiger partial charge in [-0.15, -0.1) is 0 Å². The zero-order valence-electron chi connectivity index (χ0n) is 14.0. The van der Waals surface area contributed by atoms with Gasteiger partial charge in [-0.25, -0.2) is 0 Å². The van der Waals surface area contributed by atoms with Crippen LogP contribution in [0.5, 0.6) is 5.75 Å². The molecule has 0 saturated carbocycles. The van der Waals surface area contributed by atoms with E-state index in [1.54, 1.807) is 0 Å². The molecule has 0 bridgehead atoms. The second kappa shape index (κ2) is 8.40. The van der Waals surface area contributed by atoms with Crippen LogP contribution in [-0.4, -0.2) is 29.0 Å². The number of rotatable bonds is 8. The first kappa shape index (κ1) is 18.0. The molecule has 1 aromatic carbocycles. The molecule has 0 spiro atoms. The number of aliphatic hydroxyl groups is 2. The first-order chi connectivity index (χ1) is 9.92. The first-order valence-electron chi connectivity index (χ1n) is 8.01. The lowest BCUT2D eigenvalue weighted by atomic mass is 9.88. The lowest BCUT2D eigenvalue weighted by Gasteiger charge is -2.23. The minimum atomic E-state index is -0.661. The van der Waals surface area contributed by atoms with E-state index in [0.29, 0.717) is 19.4 Å². The van der Waals surface area contributed by atoms with E-state index in [9.17, 15) is 10.2 Å². The maximum atomic E-state index is 10.1. The third-order valence-electron chi connectivity index (χ3n) is 4.23. The van der Waals surface area contributed by atoms with Crippen molar-refractivity contribution in [2.45, 2.75) is 72.0 Å². The van der Waals surface area contributed by atoms with E-state index in [0.717, 1.165) is 17.7 Å². The average molecular weight is 294 g/mol. The number of hydrogen-bond acceptors (Lipinski definition) is 3. The maximum Gasteiger partial charge on any atom is 0.122 e. The van der Waals surface area contributed by atoms with E-state index < -0.39 is 12.2 Å². The summed E-state index contributed by atoms with van der Waals surface area (Å²) in [5, 5.41) is 20.0. The Hall–Kier alpha value is -1.06. The Morgan fingerprint density at radius 3 is 2.29 bits per heavy atom. The monoisotopic (exact) mass is 294 g/mol. The zero-order chi connectivity index (χ0) is 16.0. The van der Waals surface area contributed by atoms with E-state index in [1.165, 1.54) is 11.1 Å². The second-order valence-electron chi connectivity index (χ2n) is 5.90. The van der Waals surface area contributed by atoms with Crippen LogP contribution in [-0.2, 0) is 0 Å². The molecule has 3 unspecified atom stereocenters. The van der Waals surface area contributed by atoms with Crippen molar-refractivity contribution in [3.8, 4) is 5.75 Å². The van der Waals surface area contributed by atoms with Crippen molar-refractivity contribution >= 4 is 0 Å². The van der Waals surface area contributed by atoms with E-state index in [-0.39, 0.29) is 5.92 Å². The molecule has 0 aliphatic rings. The Morgan fingerprint density at radius 1 is 1.05 bits per heavy atom. The largest absolute Gasteiger partial charge is 0.494 e. The Bertz CT molecular complexity index is 442. The van der Waals surface area contributed by atoms with Gasteiger partial charge in [-0.1, -0.05) is 26.3 Å². The highest BCUT2D eigenvalue weighted by atomic mass is 16.5. The maximum absolute atomic E-state index is 10.1. The smallest absolute Gasteiger partial charge is 0.122 e. The summed E-state index contributed by atoms with van der Waals surface area (Å²) in [5.74, 6) is 1.14. The van der Waals surface area contributed by atoms with Crippen LogP contribution in [0.3, 0.4) is 0 Å². The number of benzene rings is 1. The van der Waals surface area contributed by atoms with Crippen LogP contribution in [0.25, 0.3) is 0 Å². The van der Waals surface area contributed by atoms with E-state index in [4.69, 9.17) is 4.74 Å². The molecule has 120 valence electrons. The Labute approximate surface area is 129 Å². The van der Waals surface area contributed by atoms with Crippen molar-refractivity contribution in [2.24, 2.45) is 0 Å². The molecule has 0 aliphatic carbocycles. The SMILES string of the molecule is CCCC(O)C(O)CC(C)c1ccc(OCC)c(C)c1C. The first-order valence-corrected chi connectivity index (χ1v) is 8.01. The Morgan fingerprint density at radius 2 is 1.71 bits per heavy atom. The summed E-state index contributed by atoms with van der Waals surface area (Å²) in [7, 11) is 0. The lowest BCUT2D eigenvalue weighted by Crippen LogP contribution is -2.27. The summed E-state index contributed by atoms with van der Waals surface area (Å²) in [6.45, 7) is 10.9. The fraction of sp³-hybridized carbons (Fsp3) is 0.667. The Kier molecular flexibility index (Phi) is 7.20. The summed E-state index contributed by atoms with van der Waals surface area (Å²) in [4.78, 5) is 0. The van der Waals surface area contributed by atoms with E-state index in [1.807, 2.05) is 19.9 Å². The summed E-state index contributed by atoms with van der Waals surface area (Å²) < 4.78 is 5.61.